The van der Waals surface area contributed by atoms with Crippen LogP contribution in [0.2, 0.25) is 0 Å². The molecule has 0 unspecified atom stereocenters. The van der Waals surface area contributed by atoms with E-state index < -0.39 is 11.7 Å². The van der Waals surface area contributed by atoms with Gasteiger partial charge in [-0.1, -0.05) is 30.3 Å². The maximum atomic E-state index is 13.0. The Labute approximate surface area is 135 Å². The fraction of sp³-hybridized carbons (Fsp3) is 0.118. The van der Waals surface area contributed by atoms with Gasteiger partial charge in [0.25, 0.3) is 0 Å². The summed E-state index contributed by atoms with van der Waals surface area (Å²) in [5, 5.41) is 7.14. The molecule has 0 saturated heterocycles. The molecule has 0 amide bonds. The molecule has 0 bridgehead atoms. The molecule has 0 atom stereocenters. The molecule has 3 rings (SSSR count). The molecular weight excluding hydrogens is 321 g/mol. The van der Waals surface area contributed by atoms with Crippen LogP contribution in [0.25, 0.3) is 10.1 Å². The molecule has 118 valence electrons. The average Bonchev–Trinajstić information content (AvgIpc) is 2.96. The molecule has 2 nitrogen and oxygen atoms in total. The van der Waals surface area contributed by atoms with Gasteiger partial charge in [-0.25, -0.2) is 0 Å². The third-order valence-corrected chi connectivity index (χ3v) is 4.41. The van der Waals surface area contributed by atoms with Crippen LogP contribution >= 0.6 is 11.3 Å². The minimum absolute atomic E-state index is 0.0566. The lowest BCUT2D eigenvalue weighted by Crippen LogP contribution is -2.09. The Morgan fingerprint density at radius 2 is 1.74 bits per heavy atom. The first-order chi connectivity index (χ1) is 11.0. The normalized spacial score (nSPS) is 12.6. The van der Waals surface area contributed by atoms with Gasteiger partial charge in [-0.2, -0.15) is 18.3 Å². The lowest BCUT2D eigenvalue weighted by atomic mass is 10.1. The average molecular weight is 334 g/mol. The summed E-state index contributed by atoms with van der Waals surface area (Å²) in [5.74, 6) is 0. The summed E-state index contributed by atoms with van der Waals surface area (Å²) in [6, 6.07) is 13.2. The summed E-state index contributed by atoms with van der Waals surface area (Å²) >= 11 is 1.58. The molecule has 1 aromatic heterocycles. The summed E-state index contributed by atoms with van der Waals surface area (Å²) in [5.41, 5.74) is 3.32. The molecule has 0 spiro atoms. The van der Waals surface area contributed by atoms with Gasteiger partial charge in [-0.3, -0.25) is 5.43 Å². The summed E-state index contributed by atoms with van der Waals surface area (Å²) in [4.78, 5) is 0. The number of alkyl halides is 3. The van der Waals surface area contributed by atoms with Crippen molar-refractivity contribution in [2.45, 2.75) is 13.1 Å². The number of hydrazone groups is 1. The van der Waals surface area contributed by atoms with Crippen molar-refractivity contribution in [1.82, 2.24) is 0 Å². The zero-order valence-corrected chi connectivity index (χ0v) is 13.0. The van der Waals surface area contributed by atoms with Crippen LogP contribution in [0.15, 0.2) is 59.0 Å². The molecule has 0 aliphatic rings. The standard InChI is InChI=1S/C17H13F3N2S/c1-11(13-10-23-16-9-5-2-6-12(13)16)21-22-15-8-4-3-7-14(15)17(18,19)20/h2-10,22H,1H3/b21-11+. The Morgan fingerprint density at radius 3 is 2.52 bits per heavy atom. The van der Waals surface area contributed by atoms with E-state index in [1.54, 1.807) is 24.3 Å². The van der Waals surface area contributed by atoms with Crippen LogP contribution in [-0.2, 0) is 6.18 Å². The number of nitrogens with one attached hydrogen (secondary N) is 1. The number of hydrogen-bond donors (Lipinski definition) is 1. The van der Waals surface area contributed by atoms with Crippen molar-refractivity contribution < 1.29 is 13.2 Å². The number of thiophene rings is 1. The predicted molar refractivity (Wildman–Crippen MR) is 89.1 cm³/mol. The number of halogens is 3. The fourth-order valence-corrected chi connectivity index (χ4v) is 3.29. The van der Waals surface area contributed by atoms with E-state index in [2.05, 4.69) is 10.5 Å². The number of hydrogen-bond acceptors (Lipinski definition) is 3. The first kappa shape index (κ1) is 15.6. The molecule has 3 aromatic rings. The van der Waals surface area contributed by atoms with Crippen LogP contribution in [0, 0.1) is 0 Å². The maximum absolute atomic E-state index is 13.0. The van der Waals surface area contributed by atoms with Crippen molar-refractivity contribution in [2.24, 2.45) is 5.10 Å². The van der Waals surface area contributed by atoms with Gasteiger partial charge in [0, 0.05) is 21.0 Å². The van der Waals surface area contributed by atoms with E-state index in [4.69, 9.17) is 0 Å². The van der Waals surface area contributed by atoms with Crippen LogP contribution in [0.1, 0.15) is 18.1 Å². The Bertz CT molecular complexity index is 865. The van der Waals surface area contributed by atoms with E-state index in [0.717, 1.165) is 21.7 Å². The molecule has 23 heavy (non-hydrogen) atoms. The summed E-state index contributed by atoms with van der Waals surface area (Å²) in [6.45, 7) is 1.78. The number of benzene rings is 2. The summed E-state index contributed by atoms with van der Waals surface area (Å²) in [6.07, 6.45) is -4.41. The van der Waals surface area contributed by atoms with Gasteiger partial charge in [0.15, 0.2) is 0 Å². The lowest BCUT2D eigenvalue weighted by Gasteiger charge is -2.12. The smallest absolute Gasteiger partial charge is 0.278 e. The van der Waals surface area contributed by atoms with E-state index in [-0.39, 0.29) is 5.69 Å². The Balaban J connectivity index is 1.92. The van der Waals surface area contributed by atoms with Gasteiger partial charge in [-0.15, -0.1) is 11.3 Å². The van der Waals surface area contributed by atoms with Gasteiger partial charge in [0.2, 0.25) is 0 Å². The fourth-order valence-electron chi connectivity index (χ4n) is 2.29. The maximum Gasteiger partial charge on any atom is 0.418 e. The number of anilines is 1. The van der Waals surface area contributed by atoms with E-state index >= 15 is 0 Å². The van der Waals surface area contributed by atoms with Gasteiger partial charge in [0.05, 0.1) is 17.0 Å². The van der Waals surface area contributed by atoms with Crippen molar-refractivity contribution >= 4 is 32.8 Å². The van der Waals surface area contributed by atoms with E-state index in [1.165, 1.54) is 12.1 Å². The van der Waals surface area contributed by atoms with Crippen LogP contribution in [-0.4, -0.2) is 5.71 Å². The Hall–Kier alpha value is -2.34. The zero-order valence-electron chi connectivity index (χ0n) is 12.2. The molecule has 1 heterocycles. The monoisotopic (exact) mass is 334 g/mol. The van der Waals surface area contributed by atoms with Crippen LogP contribution in [0.4, 0.5) is 18.9 Å². The molecule has 0 fully saturated rings. The third-order valence-electron chi connectivity index (χ3n) is 3.45. The number of para-hydroxylation sites is 1. The molecule has 0 radical (unpaired) electrons. The Kier molecular flexibility index (Phi) is 4.09. The molecule has 0 aliphatic carbocycles. The largest absolute Gasteiger partial charge is 0.418 e. The van der Waals surface area contributed by atoms with Crippen LogP contribution in [0.5, 0.6) is 0 Å². The topological polar surface area (TPSA) is 24.4 Å². The molecule has 1 N–H and O–H groups in total. The van der Waals surface area contributed by atoms with E-state index in [9.17, 15) is 13.2 Å². The van der Waals surface area contributed by atoms with E-state index in [1.807, 2.05) is 29.6 Å². The first-order valence-electron chi connectivity index (χ1n) is 6.90. The summed E-state index contributed by atoms with van der Waals surface area (Å²) in [7, 11) is 0. The van der Waals surface area contributed by atoms with Gasteiger partial charge >= 0.3 is 6.18 Å². The molecular formula is C17H13F3N2S. The highest BCUT2D eigenvalue weighted by molar-refractivity contribution is 7.17. The van der Waals surface area contributed by atoms with Gasteiger partial charge < -0.3 is 0 Å². The highest BCUT2D eigenvalue weighted by atomic mass is 32.1. The van der Waals surface area contributed by atoms with Crippen molar-refractivity contribution in [3.05, 3.63) is 65.0 Å². The van der Waals surface area contributed by atoms with Gasteiger partial charge in [-0.05, 0) is 25.1 Å². The summed E-state index contributed by atoms with van der Waals surface area (Å²) < 4.78 is 40.0. The molecule has 0 aliphatic heterocycles. The lowest BCUT2D eigenvalue weighted by molar-refractivity contribution is -0.136. The first-order valence-corrected chi connectivity index (χ1v) is 7.78. The van der Waals surface area contributed by atoms with Gasteiger partial charge in [0.1, 0.15) is 0 Å². The van der Waals surface area contributed by atoms with E-state index in [0.29, 0.717) is 5.71 Å². The van der Waals surface area contributed by atoms with Crippen LogP contribution < -0.4 is 5.43 Å². The highest BCUT2D eigenvalue weighted by Crippen LogP contribution is 2.34. The minimum Gasteiger partial charge on any atom is -0.278 e. The van der Waals surface area contributed by atoms with Crippen molar-refractivity contribution in [3.63, 3.8) is 0 Å². The van der Waals surface area contributed by atoms with Crippen molar-refractivity contribution in [1.29, 1.82) is 0 Å². The van der Waals surface area contributed by atoms with Crippen molar-refractivity contribution in [2.75, 3.05) is 5.43 Å². The number of rotatable bonds is 3. The second kappa shape index (κ2) is 6.04. The number of fused-ring (bicyclic) bond motifs is 1. The third kappa shape index (κ3) is 3.22. The zero-order chi connectivity index (χ0) is 16.4. The van der Waals surface area contributed by atoms with Crippen LogP contribution in [0.3, 0.4) is 0 Å². The molecule has 0 saturated carbocycles. The highest BCUT2D eigenvalue weighted by Gasteiger charge is 2.33. The molecule has 6 heteroatoms. The van der Waals surface area contributed by atoms with Crippen molar-refractivity contribution in [3.8, 4) is 0 Å². The minimum atomic E-state index is -4.41. The SMILES string of the molecule is C/C(=N\Nc1ccccc1C(F)(F)F)c1csc2ccccc12. The second-order valence-electron chi connectivity index (χ2n) is 5.00. The Morgan fingerprint density at radius 1 is 1.04 bits per heavy atom. The number of nitrogens with zero attached hydrogens (tertiary/aromatic N) is 1. The quantitative estimate of drug-likeness (QED) is 0.478. The second-order valence-corrected chi connectivity index (χ2v) is 5.91. The predicted octanol–water partition coefficient (Wildman–Crippen LogP) is 5.76. The molecule has 2 aromatic carbocycles.